The molecule has 0 saturated carbocycles. The summed E-state index contributed by atoms with van der Waals surface area (Å²) >= 11 is 4.56. The monoisotopic (exact) mass is 224 g/mol. The zero-order valence-corrected chi connectivity index (χ0v) is 9.79. The first-order chi connectivity index (χ1) is 7.29. The Kier molecular flexibility index (Phi) is 8.18. The maximum absolute atomic E-state index is 5.16. The van der Waals surface area contributed by atoms with Crippen LogP contribution in [-0.2, 0) is 6.42 Å². The lowest BCUT2D eigenvalue weighted by molar-refractivity contribution is 1.02. The van der Waals surface area contributed by atoms with Gasteiger partial charge in [-0.05, 0) is 24.4 Å². The largest absolute Gasteiger partial charge is 0.375 e. The molecular formula is C10H16N4S. The number of nitrogens with one attached hydrogen (secondary N) is 1. The van der Waals surface area contributed by atoms with Gasteiger partial charge >= 0.3 is 0 Å². The molecule has 0 aliphatic rings. The zero-order valence-electron chi connectivity index (χ0n) is 8.97. The third kappa shape index (κ3) is 7.57. The van der Waals surface area contributed by atoms with Crippen LogP contribution in [0.5, 0.6) is 0 Å². The third-order valence-electron chi connectivity index (χ3n) is 1.29. The molecule has 0 amide bonds. The Bertz CT molecular complexity index is 298. The van der Waals surface area contributed by atoms with Crippen molar-refractivity contribution in [2.24, 2.45) is 10.8 Å². The van der Waals surface area contributed by atoms with Gasteiger partial charge < -0.3 is 5.73 Å². The van der Waals surface area contributed by atoms with E-state index in [0.29, 0.717) is 6.42 Å². The van der Waals surface area contributed by atoms with Crippen LogP contribution in [0.25, 0.3) is 0 Å². The fourth-order valence-electron chi connectivity index (χ4n) is 0.767. The zero-order chi connectivity index (χ0) is 11.5. The SMILES string of the molecule is CC.NC(=S)N/N=C/Cc1ccccn1. The molecule has 0 aliphatic carbocycles. The predicted molar refractivity (Wildman–Crippen MR) is 67.7 cm³/mol. The van der Waals surface area contributed by atoms with Crippen LogP contribution in [0.2, 0.25) is 0 Å². The van der Waals surface area contributed by atoms with Gasteiger partial charge in [-0.3, -0.25) is 10.4 Å². The normalized spacial score (nSPS) is 9.20. The van der Waals surface area contributed by atoms with Gasteiger partial charge in [0.2, 0.25) is 0 Å². The number of thiocarbonyl (C=S) groups is 1. The summed E-state index contributed by atoms with van der Waals surface area (Å²) in [7, 11) is 0. The highest BCUT2D eigenvalue weighted by atomic mass is 32.1. The van der Waals surface area contributed by atoms with Gasteiger partial charge in [0.05, 0.1) is 0 Å². The number of aromatic nitrogens is 1. The van der Waals surface area contributed by atoms with Crippen LogP contribution < -0.4 is 11.2 Å². The summed E-state index contributed by atoms with van der Waals surface area (Å²) in [6.07, 6.45) is 4.07. The molecule has 0 atom stereocenters. The average Bonchev–Trinajstić information content (AvgIpc) is 2.28. The molecular weight excluding hydrogens is 208 g/mol. The smallest absolute Gasteiger partial charge is 0.184 e. The summed E-state index contributed by atoms with van der Waals surface area (Å²) in [5.74, 6) is 0. The fourth-order valence-corrected chi connectivity index (χ4v) is 0.820. The Hall–Kier alpha value is -1.49. The van der Waals surface area contributed by atoms with Crippen LogP contribution in [0.4, 0.5) is 0 Å². The summed E-state index contributed by atoms with van der Waals surface area (Å²) in [6, 6.07) is 5.72. The number of nitrogens with zero attached hydrogens (tertiary/aromatic N) is 2. The van der Waals surface area contributed by atoms with Crippen molar-refractivity contribution in [1.82, 2.24) is 10.4 Å². The molecule has 0 unspecified atom stereocenters. The van der Waals surface area contributed by atoms with Crippen molar-refractivity contribution in [3.8, 4) is 0 Å². The number of hydrogen-bond acceptors (Lipinski definition) is 3. The average molecular weight is 224 g/mol. The number of rotatable bonds is 3. The minimum Gasteiger partial charge on any atom is -0.375 e. The van der Waals surface area contributed by atoms with Crippen LogP contribution >= 0.6 is 12.2 Å². The van der Waals surface area contributed by atoms with E-state index in [1.54, 1.807) is 12.4 Å². The van der Waals surface area contributed by atoms with Crippen molar-refractivity contribution in [2.75, 3.05) is 0 Å². The summed E-state index contributed by atoms with van der Waals surface area (Å²) in [5, 5.41) is 3.95. The Morgan fingerprint density at radius 2 is 2.33 bits per heavy atom. The molecule has 1 aromatic rings. The first kappa shape index (κ1) is 13.5. The van der Waals surface area contributed by atoms with Crippen LogP contribution in [0.3, 0.4) is 0 Å². The van der Waals surface area contributed by atoms with E-state index in [1.807, 2.05) is 32.0 Å². The van der Waals surface area contributed by atoms with Gasteiger partial charge in [-0.1, -0.05) is 19.9 Å². The standard InChI is InChI=1S/C8H10N4S.C2H6/c9-8(13)12-11-6-4-7-3-1-2-5-10-7;1-2/h1-3,5-6H,4H2,(H3,9,12,13);1-2H3/b11-6+;. The van der Waals surface area contributed by atoms with E-state index in [0.717, 1.165) is 5.69 Å². The molecule has 5 heteroatoms. The highest BCUT2D eigenvalue weighted by Gasteiger charge is 1.87. The minimum absolute atomic E-state index is 0.164. The van der Waals surface area contributed by atoms with Crippen LogP contribution in [0.1, 0.15) is 19.5 Å². The van der Waals surface area contributed by atoms with Gasteiger partial charge in [0.25, 0.3) is 0 Å². The van der Waals surface area contributed by atoms with Gasteiger partial charge in [-0.15, -0.1) is 0 Å². The van der Waals surface area contributed by atoms with Gasteiger partial charge in [0.1, 0.15) is 0 Å². The maximum atomic E-state index is 5.16. The fraction of sp³-hybridized carbons (Fsp3) is 0.300. The van der Waals surface area contributed by atoms with Crippen molar-refractivity contribution in [3.63, 3.8) is 0 Å². The van der Waals surface area contributed by atoms with E-state index in [4.69, 9.17) is 5.73 Å². The molecule has 15 heavy (non-hydrogen) atoms. The highest BCUT2D eigenvalue weighted by Crippen LogP contribution is 1.91. The second kappa shape index (κ2) is 9.08. The van der Waals surface area contributed by atoms with E-state index >= 15 is 0 Å². The molecule has 0 aliphatic heterocycles. The number of hydrogen-bond donors (Lipinski definition) is 2. The maximum Gasteiger partial charge on any atom is 0.184 e. The Labute approximate surface area is 95.6 Å². The summed E-state index contributed by atoms with van der Waals surface area (Å²) in [4.78, 5) is 4.11. The van der Waals surface area contributed by atoms with Crippen LogP contribution in [-0.4, -0.2) is 16.3 Å². The van der Waals surface area contributed by atoms with Crippen molar-refractivity contribution < 1.29 is 0 Å². The third-order valence-corrected chi connectivity index (χ3v) is 1.38. The molecule has 4 nitrogen and oxygen atoms in total. The summed E-state index contributed by atoms with van der Waals surface area (Å²) in [6.45, 7) is 4.00. The first-order valence-electron chi connectivity index (χ1n) is 4.76. The van der Waals surface area contributed by atoms with Gasteiger partial charge in [0, 0.05) is 24.5 Å². The molecule has 0 spiro atoms. The molecule has 82 valence electrons. The second-order valence-corrected chi connectivity index (χ2v) is 2.75. The van der Waals surface area contributed by atoms with Crippen LogP contribution in [0.15, 0.2) is 29.5 Å². The molecule has 1 rings (SSSR count). The Morgan fingerprint density at radius 1 is 1.60 bits per heavy atom. The quantitative estimate of drug-likeness (QED) is 0.463. The van der Waals surface area contributed by atoms with Gasteiger partial charge in [0.15, 0.2) is 5.11 Å². The first-order valence-corrected chi connectivity index (χ1v) is 5.17. The lowest BCUT2D eigenvalue weighted by Gasteiger charge is -1.94. The summed E-state index contributed by atoms with van der Waals surface area (Å²) in [5.41, 5.74) is 8.58. The predicted octanol–water partition coefficient (Wildman–Crippen LogP) is 1.47. The second-order valence-electron chi connectivity index (χ2n) is 2.31. The molecule has 0 saturated heterocycles. The van der Waals surface area contributed by atoms with Gasteiger partial charge in [-0.2, -0.15) is 5.10 Å². The van der Waals surface area contributed by atoms with Crippen molar-refractivity contribution in [1.29, 1.82) is 0 Å². The van der Waals surface area contributed by atoms with Crippen LogP contribution in [0, 0.1) is 0 Å². The molecule has 1 aromatic heterocycles. The topological polar surface area (TPSA) is 63.3 Å². The minimum atomic E-state index is 0.164. The lowest BCUT2D eigenvalue weighted by atomic mass is 10.3. The number of pyridine rings is 1. The molecule has 3 N–H and O–H groups in total. The van der Waals surface area contributed by atoms with E-state index in [-0.39, 0.29) is 5.11 Å². The van der Waals surface area contributed by atoms with Gasteiger partial charge in [-0.25, -0.2) is 0 Å². The molecule has 0 radical (unpaired) electrons. The lowest BCUT2D eigenvalue weighted by Crippen LogP contribution is -2.24. The van der Waals surface area contributed by atoms with E-state index in [2.05, 4.69) is 27.7 Å². The molecule has 0 fully saturated rings. The van der Waals surface area contributed by atoms with E-state index in [9.17, 15) is 0 Å². The number of hydrazone groups is 1. The molecule has 0 bridgehead atoms. The van der Waals surface area contributed by atoms with Crippen molar-refractivity contribution >= 4 is 23.5 Å². The van der Waals surface area contributed by atoms with Crippen molar-refractivity contribution in [3.05, 3.63) is 30.1 Å². The summed E-state index contributed by atoms with van der Waals surface area (Å²) < 4.78 is 0. The number of nitrogens with two attached hydrogens (primary N) is 1. The molecule has 1 heterocycles. The Balaban J connectivity index is 0.000000921. The highest BCUT2D eigenvalue weighted by molar-refractivity contribution is 7.80. The molecule has 0 aromatic carbocycles. The van der Waals surface area contributed by atoms with E-state index < -0.39 is 0 Å². The Morgan fingerprint density at radius 3 is 2.87 bits per heavy atom. The van der Waals surface area contributed by atoms with E-state index in [1.165, 1.54) is 0 Å². The van der Waals surface area contributed by atoms with Crippen molar-refractivity contribution in [2.45, 2.75) is 20.3 Å².